The molecule has 0 spiro atoms. The van der Waals surface area contributed by atoms with Gasteiger partial charge in [0, 0.05) is 23.7 Å². The molecule has 1 aliphatic rings. The van der Waals surface area contributed by atoms with Gasteiger partial charge in [0.25, 0.3) is 11.7 Å². The SMILES string of the molecule is CCC(CC)C1/C(=C(/O)c2ccc(C(=O)O)cc2)C(=O)C(=O)N1c1ccc(-c2noc(C)n2)cc1. The number of nitrogens with zero attached hydrogens (tertiary/aromatic N) is 3. The normalized spacial score (nSPS) is 17.4. The third kappa shape index (κ3) is 4.32. The molecule has 3 aromatic rings. The number of rotatable bonds is 7. The summed E-state index contributed by atoms with van der Waals surface area (Å²) in [5.74, 6) is -2.18. The Morgan fingerprint density at radius 3 is 2.11 bits per heavy atom. The molecule has 0 aliphatic carbocycles. The van der Waals surface area contributed by atoms with Gasteiger partial charge in [-0.1, -0.05) is 44.0 Å². The summed E-state index contributed by atoms with van der Waals surface area (Å²) in [6.45, 7) is 5.63. The van der Waals surface area contributed by atoms with Gasteiger partial charge in [-0.05, 0) is 42.3 Å². The van der Waals surface area contributed by atoms with Gasteiger partial charge in [-0.2, -0.15) is 4.98 Å². The summed E-state index contributed by atoms with van der Waals surface area (Å²) in [4.78, 5) is 43.2. The zero-order valence-electron chi connectivity index (χ0n) is 19.6. The van der Waals surface area contributed by atoms with Gasteiger partial charge in [-0.15, -0.1) is 0 Å². The average Bonchev–Trinajstić information content (AvgIpc) is 3.41. The van der Waals surface area contributed by atoms with E-state index in [1.54, 1.807) is 31.2 Å². The van der Waals surface area contributed by atoms with Gasteiger partial charge in [-0.25, -0.2) is 4.79 Å². The van der Waals surface area contributed by atoms with Gasteiger partial charge >= 0.3 is 5.97 Å². The lowest BCUT2D eigenvalue weighted by atomic mass is 9.87. The molecule has 1 amide bonds. The Labute approximate surface area is 201 Å². The van der Waals surface area contributed by atoms with Crippen molar-refractivity contribution in [2.75, 3.05) is 4.90 Å². The number of carbonyl (C=O) groups excluding carboxylic acids is 2. The summed E-state index contributed by atoms with van der Waals surface area (Å²) in [7, 11) is 0. The molecule has 2 aromatic carbocycles. The smallest absolute Gasteiger partial charge is 0.335 e. The fourth-order valence-electron chi connectivity index (χ4n) is 4.44. The van der Waals surface area contributed by atoms with Crippen LogP contribution < -0.4 is 4.90 Å². The van der Waals surface area contributed by atoms with E-state index in [2.05, 4.69) is 10.1 Å². The highest BCUT2D eigenvalue weighted by atomic mass is 16.5. The molecule has 1 saturated heterocycles. The van der Waals surface area contributed by atoms with E-state index in [1.165, 1.54) is 29.2 Å². The number of aromatic nitrogens is 2. The standard InChI is InChI=1S/C26H25N3O6/c1-4-15(5-2)21-20(22(30)16-6-8-18(9-7-16)26(33)34)23(31)25(32)29(21)19-12-10-17(11-13-19)24-27-14(3)35-28-24/h6-13,15,21,30H,4-5H2,1-3H3,(H,33,34)/b22-20-. The van der Waals surface area contributed by atoms with Crippen molar-refractivity contribution in [2.24, 2.45) is 5.92 Å². The second kappa shape index (κ2) is 9.54. The molecule has 35 heavy (non-hydrogen) atoms. The first-order chi connectivity index (χ1) is 16.8. The quantitative estimate of drug-likeness (QED) is 0.291. The Morgan fingerprint density at radius 2 is 1.60 bits per heavy atom. The highest BCUT2D eigenvalue weighted by Crippen LogP contribution is 2.39. The maximum absolute atomic E-state index is 13.2. The van der Waals surface area contributed by atoms with Gasteiger partial charge < -0.3 is 14.7 Å². The van der Waals surface area contributed by atoms with E-state index in [9.17, 15) is 19.5 Å². The van der Waals surface area contributed by atoms with Crippen LogP contribution in [-0.4, -0.2) is 44.1 Å². The Kier molecular flexibility index (Phi) is 6.50. The Hall–Kier alpha value is -4.27. The lowest BCUT2D eigenvalue weighted by Gasteiger charge is -2.31. The number of ketones is 1. The van der Waals surface area contributed by atoms with Crippen LogP contribution in [0.1, 0.15) is 48.5 Å². The first-order valence-corrected chi connectivity index (χ1v) is 11.3. The minimum Gasteiger partial charge on any atom is -0.507 e. The Morgan fingerprint density at radius 1 is 1.00 bits per heavy atom. The second-order valence-electron chi connectivity index (χ2n) is 8.35. The van der Waals surface area contributed by atoms with Crippen molar-refractivity contribution in [3.63, 3.8) is 0 Å². The third-order valence-electron chi connectivity index (χ3n) is 6.32. The van der Waals surface area contributed by atoms with E-state index in [1.807, 2.05) is 13.8 Å². The molecule has 0 radical (unpaired) electrons. The number of aromatic carboxylic acids is 1. The molecule has 1 aromatic heterocycles. The summed E-state index contributed by atoms with van der Waals surface area (Å²) < 4.78 is 5.02. The molecule has 2 heterocycles. The van der Waals surface area contributed by atoms with Crippen molar-refractivity contribution in [3.05, 3.63) is 71.1 Å². The summed E-state index contributed by atoms with van der Waals surface area (Å²) >= 11 is 0. The maximum atomic E-state index is 13.2. The minimum atomic E-state index is -1.10. The number of amides is 1. The summed E-state index contributed by atoms with van der Waals surface area (Å²) in [6.07, 6.45) is 1.35. The van der Waals surface area contributed by atoms with Crippen LogP contribution in [0.15, 0.2) is 58.6 Å². The molecule has 4 rings (SSSR count). The van der Waals surface area contributed by atoms with Crippen molar-refractivity contribution in [2.45, 2.75) is 39.7 Å². The molecule has 1 atom stereocenters. The lowest BCUT2D eigenvalue weighted by molar-refractivity contribution is -0.132. The highest BCUT2D eigenvalue weighted by molar-refractivity contribution is 6.51. The van der Waals surface area contributed by atoms with Crippen LogP contribution in [0, 0.1) is 12.8 Å². The predicted molar refractivity (Wildman–Crippen MR) is 128 cm³/mol. The molecular weight excluding hydrogens is 450 g/mol. The van der Waals surface area contributed by atoms with Crippen LogP contribution in [0.25, 0.3) is 17.1 Å². The molecule has 9 heteroatoms. The van der Waals surface area contributed by atoms with Crippen LogP contribution in [0.5, 0.6) is 0 Å². The second-order valence-corrected chi connectivity index (χ2v) is 8.35. The van der Waals surface area contributed by atoms with Gasteiger partial charge in [0.1, 0.15) is 5.76 Å². The van der Waals surface area contributed by atoms with Gasteiger partial charge in [-0.3, -0.25) is 14.5 Å². The molecule has 180 valence electrons. The van der Waals surface area contributed by atoms with Crippen molar-refractivity contribution < 1.29 is 29.1 Å². The number of aliphatic hydroxyl groups is 1. The van der Waals surface area contributed by atoms with Crippen LogP contribution in [-0.2, 0) is 9.59 Å². The predicted octanol–water partition coefficient (Wildman–Crippen LogP) is 4.43. The van der Waals surface area contributed by atoms with Gasteiger partial charge in [0.15, 0.2) is 0 Å². The van der Waals surface area contributed by atoms with Crippen molar-refractivity contribution >= 4 is 29.1 Å². The molecule has 1 fully saturated rings. The van der Waals surface area contributed by atoms with E-state index in [4.69, 9.17) is 9.63 Å². The molecule has 9 nitrogen and oxygen atoms in total. The third-order valence-corrected chi connectivity index (χ3v) is 6.32. The number of carbonyl (C=O) groups is 3. The molecule has 2 N–H and O–H groups in total. The van der Waals surface area contributed by atoms with Crippen molar-refractivity contribution in [1.82, 2.24) is 10.1 Å². The summed E-state index contributed by atoms with van der Waals surface area (Å²) in [5, 5.41) is 24.2. The fourth-order valence-corrected chi connectivity index (χ4v) is 4.44. The topological polar surface area (TPSA) is 134 Å². The molecule has 1 aliphatic heterocycles. The van der Waals surface area contributed by atoms with E-state index < -0.39 is 23.7 Å². The van der Waals surface area contributed by atoms with Crippen molar-refractivity contribution in [1.29, 1.82) is 0 Å². The largest absolute Gasteiger partial charge is 0.507 e. The number of benzene rings is 2. The van der Waals surface area contributed by atoms with Crippen LogP contribution in [0.4, 0.5) is 5.69 Å². The van der Waals surface area contributed by atoms with Crippen molar-refractivity contribution in [3.8, 4) is 11.4 Å². The van der Waals surface area contributed by atoms with Crippen LogP contribution in [0.3, 0.4) is 0 Å². The molecular formula is C26H25N3O6. The van der Waals surface area contributed by atoms with E-state index >= 15 is 0 Å². The van der Waals surface area contributed by atoms with E-state index in [-0.39, 0.29) is 28.4 Å². The fraction of sp³-hybridized carbons (Fsp3) is 0.269. The molecule has 0 bridgehead atoms. The van der Waals surface area contributed by atoms with E-state index in [0.29, 0.717) is 35.8 Å². The number of carboxylic acids is 1. The minimum absolute atomic E-state index is 0.0182. The Balaban J connectivity index is 1.79. The monoisotopic (exact) mass is 475 g/mol. The zero-order chi connectivity index (χ0) is 25.3. The first kappa shape index (κ1) is 23.9. The number of hydrogen-bond acceptors (Lipinski definition) is 7. The number of Topliss-reactive ketones (excluding diaryl/α,β-unsaturated/α-hetero) is 1. The average molecular weight is 476 g/mol. The maximum Gasteiger partial charge on any atom is 0.335 e. The number of carboxylic acid groups (broad SMARTS) is 1. The number of anilines is 1. The number of hydrogen-bond donors (Lipinski definition) is 2. The molecule has 1 unspecified atom stereocenters. The highest BCUT2D eigenvalue weighted by Gasteiger charge is 2.48. The van der Waals surface area contributed by atoms with Gasteiger partial charge in [0.2, 0.25) is 11.7 Å². The Bertz CT molecular complexity index is 1300. The van der Waals surface area contributed by atoms with Crippen LogP contribution >= 0.6 is 0 Å². The first-order valence-electron chi connectivity index (χ1n) is 11.3. The lowest BCUT2D eigenvalue weighted by Crippen LogP contribution is -2.39. The molecule has 0 saturated carbocycles. The zero-order valence-corrected chi connectivity index (χ0v) is 19.6. The van der Waals surface area contributed by atoms with E-state index in [0.717, 1.165) is 0 Å². The van der Waals surface area contributed by atoms with Crippen LogP contribution in [0.2, 0.25) is 0 Å². The summed E-state index contributed by atoms with van der Waals surface area (Å²) in [6, 6.07) is 11.8. The number of aliphatic hydroxyl groups excluding tert-OH is 1. The number of aryl methyl sites for hydroxylation is 1. The summed E-state index contributed by atoms with van der Waals surface area (Å²) in [5.41, 5.74) is 1.54. The van der Waals surface area contributed by atoms with Gasteiger partial charge in [0.05, 0.1) is 17.2 Å².